The summed E-state index contributed by atoms with van der Waals surface area (Å²) in [7, 11) is 1.59. The van der Waals surface area contributed by atoms with Crippen LogP contribution in [0, 0.1) is 0 Å². The van der Waals surface area contributed by atoms with Crippen molar-refractivity contribution in [2.24, 2.45) is 0 Å². The van der Waals surface area contributed by atoms with E-state index in [9.17, 15) is 4.79 Å². The number of nitrogens with zero attached hydrogens (tertiary/aromatic N) is 1. The second-order valence-electron chi connectivity index (χ2n) is 2.59. The number of halogens is 1. The lowest BCUT2D eigenvalue weighted by Crippen LogP contribution is -2.27. The molecular weight excluding hydrogens is 248 g/mol. The van der Waals surface area contributed by atoms with Crippen LogP contribution < -0.4 is 5.32 Å². The fraction of sp³-hybridized carbons (Fsp3) is 0.333. The fourth-order valence-electron chi connectivity index (χ4n) is 0.917. The molecule has 0 bridgehead atoms. The van der Waals surface area contributed by atoms with Crippen LogP contribution in [0.1, 0.15) is 10.4 Å². The Kier molecular flexibility index (Phi) is 4.55. The molecule has 0 aromatic carbocycles. The van der Waals surface area contributed by atoms with Gasteiger partial charge in [0.2, 0.25) is 0 Å². The highest BCUT2D eigenvalue weighted by Crippen LogP contribution is 2.11. The van der Waals surface area contributed by atoms with Gasteiger partial charge in [-0.05, 0) is 28.1 Å². The van der Waals surface area contributed by atoms with Crippen LogP contribution >= 0.6 is 15.9 Å². The van der Waals surface area contributed by atoms with Crippen molar-refractivity contribution < 1.29 is 9.53 Å². The maximum absolute atomic E-state index is 11.5. The summed E-state index contributed by atoms with van der Waals surface area (Å²) in [5.74, 6) is -0.151. The molecule has 0 fully saturated rings. The third-order valence-corrected chi connectivity index (χ3v) is 2.23. The van der Waals surface area contributed by atoms with Crippen molar-refractivity contribution in [2.45, 2.75) is 0 Å². The van der Waals surface area contributed by atoms with Gasteiger partial charge in [-0.15, -0.1) is 0 Å². The lowest BCUT2D eigenvalue weighted by Gasteiger charge is -2.04. The molecule has 0 radical (unpaired) electrons. The van der Waals surface area contributed by atoms with Crippen molar-refractivity contribution in [1.29, 1.82) is 0 Å². The summed E-state index contributed by atoms with van der Waals surface area (Å²) in [6, 6.07) is 3.43. The van der Waals surface area contributed by atoms with Gasteiger partial charge in [0.1, 0.15) is 4.60 Å². The molecule has 0 saturated carbocycles. The van der Waals surface area contributed by atoms with Gasteiger partial charge >= 0.3 is 0 Å². The highest BCUT2D eigenvalue weighted by Gasteiger charge is 2.08. The van der Waals surface area contributed by atoms with Crippen molar-refractivity contribution in [2.75, 3.05) is 20.3 Å². The number of rotatable bonds is 4. The minimum atomic E-state index is -0.151. The van der Waals surface area contributed by atoms with Crippen molar-refractivity contribution in [3.8, 4) is 0 Å². The Morgan fingerprint density at radius 1 is 1.71 bits per heavy atom. The minimum absolute atomic E-state index is 0.151. The van der Waals surface area contributed by atoms with Gasteiger partial charge in [0.05, 0.1) is 12.2 Å². The summed E-state index contributed by atoms with van der Waals surface area (Å²) in [4.78, 5) is 15.5. The fourth-order valence-corrected chi connectivity index (χ4v) is 1.35. The summed E-state index contributed by atoms with van der Waals surface area (Å²) >= 11 is 3.20. The average molecular weight is 259 g/mol. The Bertz CT molecular complexity index is 317. The zero-order valence-corrected chi connectivity index (χ0v) is 9.37. The second kappa shape index (κ2) is 5.72. The molecule has 4 nitrogen and oxygen atoms in total. The zero-order chi connectivity index (χ0) is 10.4. The molecule has 0 unspecified atom stereocenters. The first-order valence-electron chi connectivity index (χ1n) is 4.13. The van der Waals surface area contributed by atoms with Gasteiger partial charge in [0.15, 0.2) is 0 Å². The normalized spacial score (nSPS) is 9.86. The molecule has 14 heavy (non-hydrogen) atoms. The van der Waals surface area contributed by atoms with Crippen molar-refractivity contribution in [3.05, 3.63) is 28.5 Å². The third-order valence-electron chi connectivity index (χ3n) is 1.60. The molecule has 0 aliphatic heterocycles. The van der Waals surface area contributed by atoms with Gasteiger partial charge in [-0.3, -0.25) is 4.79 Å². The number of hydrogen-bond acceptors (Lipinski definition) is 3. The summed E-state index contributed by atoms with van der Waals surface area (Å²) in [6.45, 7) is 1.00. The molecule has 76 valence electrons. The van der Waals surface area contributed by atoms with Gasteiger partial charge in [-0.25, -0.2) is 4.98 Å². The molecule has 1 amide bonds. The van der Waals surface area contributed by atoms with Crippen LogP contribution in [-0.4, -0.2) is 31.2 Å². The van der Waals surface area contributed by atoms with Gasteiger partial charge in [0, 0.05) is 19.9 Å². The zero-order valence-electron chi connectivity index (χ0n) is 7.79. The standard InChI is InChI=1S/C9H11BrN2O2/c1-14-6-5-12-9(13)7-3-2-4-11-8(7)10/h2-4H,5-6H2,1H3,(H,12,13). The van der Waals surface area contributed by atoms with Crippen LogP contribution in [0.15, 0.2) is 22.9 Å². The van der Waals surface area contributed by atoms with Crippen LogP contribution in [0.4, 0.5) is 0 Å². The smallest absolute Gasteiger partial charge is 0.254 e. The van der Waals surface area contributed by atoms with E-state index in [1.165, 1.54) is 0 Å². The highest BCUT2D eigenvalue weighted by atomic mass is 79.9. The molecule has 5 heteroatoms. The van der Waals surface area contributed by atoms with Crippen molar-refractivity contribution in [1.82, 2.24) is 10.3 Å². The number of nitrogens with one attached hydrogen (secondary N) is 1. The van der Waals surface area contributed by atoms with E-state index < -0.39 is 0 Å². The number of methoxy groups -OCH3 is 1. The molecule has 0 aliphatic carbocycles. The van der Waals surface area contributed by atoms with Crippen molar-refractivity contribution in [3.63, 3.8) is 0 Å². The minimum Gasteiger partial charge on any atom is -0.383 e. The molecule has 0 atom stereocenters. The molecule has 1 heterocycles. The molecule has 1 N–H and O–H groups in total. The van der Waals surface area contributed by atoms with Crippen LogP contribution in [0.2, 0.25) is 0 Å². The maximum atomic E-state index is 11.5. The second-order valence-corrected chi connectivity index (χ2v) is 3.34. The Hall–Kier alpha value is -0.940. The number of carbonyl (C=O) groups is 1. The number of amides is 1. The van der Waals surface area contributed by atoms with Crippen molar-refractivity contribution >= 4 is 21.8 Å². The Balaban J connectivity index is 2.56. The van der Waals surface area contributed by atoms with Gasteiger partial charge in [0.25, 0.3) is 5.91 Å². The summed E-state index contributed by atoms with van der Waals surface area (Å²) < 4.78 is 5.37. The SMILES string of the molecule is COCCNC(=O)c1cccnc1Br. The Labute approximate surface area is 90.8 Å². The van der Waals surface area contributed by atoms with Crippen LogP contribution in [0.3, 0.4) is 0 Å². The molecule has 0 saturated heterocycles. The summed E-state index contributed by atoms with van der Waals surface area (Å²) in [5.41, 5.74) is 0.531. The van der Waals surface area contributed by atoms with E-state index in [4.69, 9.17) is 4.74 Å². The molecule has 1 aromatic rings. The number of pyridine rings is 1. The molecule has 0 aliphatic rings. The van der Waals surface area contributed by atoms with E-state index in [1.54, 1.807) is 25.4 Å². The lowest BCUT2D eigenvalue weighted by atomic mass is 10.3. The molecular formula is C9H11BrN2O2. The van der Waals surface area contributed by atoms with Crippen LogP contribution in [0.25, 0.3) is 0 Å². The summed E-state index contributed by atoms with van der Waals surface area (Å²) in [5, 5.41) is 2.71. The van der Waals surface area contributed by atoms with E-state index in [2.05, 4.69) is 26.2 Å². The molecule has 0 spiro atoms. The number of carbonyl (C=O) groups excluding carboxylic acids is 1. The lowest BCUT2D eigenvalue weighted by molar-refractivity contribution is 0.0936. The van der Waals surface area contributed by atoms with E-state index in [-0.39, 0.29) is 5.91 Å². The first-order valence-corrected chi connectivity index (χ1v) is 4.92. The first-order chi connectivity index (χ1) is 6.75. The monoisotopic (exact) mass is 258 g/mol. The van der Waals surface area contributed by atoms with E-state index in [0.29, 0.717) is 23.3 Å². The Morgan fingerprint density at radius 2 is 2.50 bits per heavy atom. The quantitative estimate of drug-likeness (QED) is 0.653. The molecule has 1 aromatic heterocycles. The van der Waals surface area contributed by atoms with Crippen LogP contribution in [0.5, 0.6) is 0 Å². The largest absolute Gasteiger partial charge is 0.383 e. The summed E-state index contributed by atoms with van der Waals surface area (Å²) in [6.07, 6.45) is 1.62. The predicted molar refractivity (Wildman–Crippen MR) is 56.1 cm³/mol. The predicted octanol–water partition coefficient (Wildman–Crippen LogP) is 1.22. The third kappa shape index (κ3) is 3.08. The van der Waals surface area contributed by atoms with Crippen LogP contribution in [-0.2, 0) is 4.74 Å². The van der Waals surface area contributed by atoms with E-state index in [0.717, 1.165) is 0 Å². The topological polar surface area (TPSA) is 51.2 Å². The van der Waals surface area contributed by atoms with Gasteiger partial charge in [-0.1, -0.05) is 0 Å². The number of aromatic nitrogens is 1. The average Bonchev–Trinajstić information content (AvgIpc) is 2.18. The van der Waals surface area contributed by atoms with Gasteiger partial charge < -0.3 is 10.1 Å². The Morgan fingerprint density at radius 3 is 3.14 bits per heavy atom. The maximum Gasteiger partial charge on any atom is 0.254 e. The van der Waals surface area contributed by atoms with E-state index >= 15 is 0 Å². The highest BCUT2D eigenvalue weighted by molar-refractivity contribution is 9.10. The first kappa shape index (κ1) is 11.1. The number of ether oxygens (including phenoxy) is 1. The van der Waals surface area contributed by atoms with Gasteiger partial charge in [-0.2, -0.15) is 0 Å². The number of hydrogen-bond donors (Lipinski definition) is 1. The molecule has 1 rings (SSSR count). The van der Waals surface area contributed by atoms with E-state index in [1.807, 2.05) is 0 Å².